The zero-order valence-corrected chi connectivity index (χ0v) is 10.5. The van der Waals surface area contributed by atoms with Crippen LogP contribution in [0.3, 0.4) is 0 Å². The van der Waals surface area contributed by atoms with Crippen molar-refractivity contribution < 1.29 is 0 Å². The van der Waals surface area contributed by atoms with Crippen molar-refractivity contribution in [3.8, 4) is 0 Å². The quantitative estimate of drug-likeness (QED) is 0.764. The molecule has 3 heteroatoms. The first-order chi connectivity index (χ1) is 8.92. The molecule has 18 heavy (non-hydrogen) atoms. The van der Waals surface area contributed by atoms with Gasteiger partial charge in [-0.3, -0.25) is 0 Å². The summed E-state index contributed by atoms with van der Waals surface area (Å²) in [5.41, 5.74) is 1.05. The van der Waals surface area contributed by atoms with Crippen molar-refractivity contribution in [2.24, 2.45) is 0 Å². The maximum atomic E-state index is 4.59. The maximum Gasteiger partial charge on any atom is 0.126 e. The molecular weight excluding hydrogens is 222 g/mol. The number of benzene rings is 1. The zero-order chi connectivity index (χ0) is 12.2. The summed E-state index contributed by atoms with van der Waals surface area (Å²) in [5.74, 6) is 0.972. The van der Waals surface area contributed by atoms with Crippen LogP contribution >= 0.6 is 0 Å². The molecule has 1 aliphatic rings. The molecule has 0 bridgehead atoms. The van der Waals surface area contributed by atoms with E-state index in [0.717, 1.165) is 36.9 Å². The minimum absolute atomic E-state index is 0.809. The van der Waals surface area contributed by atoms with Crippen molar-refractivity contribution >= 4 is 16.7 Å². The van der Waals surface area contributed by atoms with Gasteiger partial charge in [0.15, 0.2) is 0 Å². The Morgan fingerprint density at radius 1 is 1.06 bits per heavy atom. The highest BCUT2D eigenvalue weighted by molar-refractivity contribution is 5.79. The summed E-state index contributed by atoms with van der Waals surface area (Å²) in [6.45, 7) is 2.08. The van der Waals surface area contributed by atoms with Crippen molar-refractivity contribution in [2.45, 2.75) is 25.3 Å². The van der Waals surface area contributed by atoms with E-state index in [1.54, 1.807) is 0 Å². The van der Waals surface area contributed by atoms with E-state index < -0.39 is 0 Å². The number of anilines is 1. The lowest BCUT2D eigenvalue weighted by molar-refractivity contribution is 0.658. The number of para-hydroxylation sites is 1. The second kappa shape index (κ2) is 5.36. The second-order valence-corrected chi connectivity index (χ2v) is 4.90. The lowest BCUT2D eigenvalue weighted by atomic mass is 10.2. The number of hydrogen-bond acceptors (Lipinski definition) is 3. The third kappa shape index (κ3) is 2.99. The van der Waals surface area contributed by atoms with Crippen LogP contribution in [0.4, 0.5) is 5.82 Å². The van der Waals surface area contributed by atoms with Gasteiger partial charge in [0.2, 0.25) is 0 Å². The fourth-order valence-corrected chi connectivity index (χ4v) is 2.06. The van der Waals surface area contributed by atoms with Crippen LogP contribution in [0, 0.1) is 0 Å². The first-order valence-corrected chi connectivity index (χ1v) is 6.75. The Bertz CT molecular complexity index is 520. The fraction of sp³-hybridized carbons (Fsp3) is 0.400. The Hall–Kier alpha value is -1.61. The topological polar surface area (TPSA) is 37.0 Å². The van der Waals surface area contributed by atoms with Crippen LogP contribution in [0.1, 0.15) is 19.3 Å². The highest BCUT2D eigenvalue weighted by Gasteiger charge is 2.19. The molecule has 2 N–H and O–H groups in total. The molecule has 0 radical (unpaired) electrons. The molecule has 3 rings (SSSR count). The Kier molecular flexibility index (Phi) is 3.42. The molecule has 1 heterocycles. The summed E-state index contributed by atoms with van der Waals surface area (Å²) in [4.78, 5) is 4.59. The minimum Gasteiger partial charge on any atom is -0.370 e. The van der Waals surface area contributed by atoms with Gasteiger partial charge in [-0.25, -0.2) is 4.98 Å². The van der Waals surface area contributed by atoms with Crippen LogP contribution in [0.15, 0.2) is 36.4 Å². The van der Waals surface area contributed by atoms with Gasteiger partial charge in [0.1, 0.15) is 5.82 Å². The second-order valence-electron chi connectivity index (χ2n) is 4.90. The molecule has 3 nitrogen and oxygen atoms in total. The summed E-state index contributed by atoms with van der Waals surface area (Å²) < 4.78 is 0. The normalized spacial score (nSPS) is 14.9. The molecular formula is C15H19N3. The van der Waals surface area contributed by atoms with E-state index in [4.69, 9.17) is 0 Å². The summed E-state index contributed by atoms with van der Waals surface area (Å²) >= 11 is 0. The molecule has 1 fully saturated rings. The molecule has 0 aliphatic heterocycles. The lowest BCUT2D eigenvalue weighted by Crippen LogP contribution is -2.20. The van der Waals surface area contributed by atoms with E-state index in [-0.39, 0.29) is 0 Å². The van der Waals surface area contributed by atoms with Gasteiger partial charge in [-0.2, -0.15) is 0 Å². The SMILES string of the molecule is c1ccc2nc(NCCCNC3CC3)ccc2c1. The van der Waals surface area contributed by atoms with E-state index in [2.05, 4.69) is 39.9 Å². The van der Waals surface area contributed by atoms with Crippen molar-refractivity contribution in [3.05, 3.63) is 36.4 Å². The molecule has 0 atom stereocenters. The lowest BCUT2D eigenvalue weighted by Gasteiger charge is -2.07. The number of pyridine rings is 1. The highest BCUT2D eigenvalue weighted by Crippen LogP contribution is 2.18. The summed E-state index contributed by atoms with van der Waals surface area (Å²) in [5, 5.41) is 8.08. The summed E-state index contributed by atoms with van der Waals surface area (Å²) in [6.07, 6.45) is 3.87. The molecule has 0 spiro atoms. The maximum absolute atomic E-state index is 4.59. The number of hydrogen-bond donors (Lipinski definition) is 2. The van der Waals surface area contributed by atoms with Crippen LogP contribution in [0.2, 0.25) is 0 Å². The van der Waals surface area contributed by atoms with Crippen molar-refractivity contribution in [1.82, 2.24) is 10.3 Å². The van der Waals surface area contributed by atoms with Gasteiger partial charge in [0.25, 0.3) is 0 Å². The average molecular weight is 241 g/mol. The first kappa shape index (κ1) is 11.5. The van der Waals surface area contributed by atoms with Crippen molar-refractivity contribution in [3.63, 3.8) is 0 Å². The smallest absolute Gasteiger partial charge is 0.126 e. The minimum atomic E-state index is 0.809. The predicted molar refractivity (Wildman–Crippen MR) is 75.9 cm³/mol. The van der Waals surface area contributed by atoms with Crippen molar-refractivity contribution in [2.75, 3.05) is 18.4 Å². The Balaban J connectivity index is 1.50. The Morgan fingerprint density at radius 2 is 1.94 bits per heavy atom. The number of nitrogens with one attached hydrogen (secondary N) is 2. The van der Waals surface area contributed by atoms with Crippen molar-refractivity contribution in [1.29, 1.82) is 0 Å². The monoisotopic (exact) mass is 241 g/mol. The van der Waals surface area contributed by atoms with E-state index in [9.17, 15) is 0 Å². The van der Waals surface area contributed by atoms with Crippen LogP contribution in [-0.4, -0.2) is 24.1 Å². The fourth-order valence-electron chi connectivity index (χ4n) is 2.06. The molecule has 1 aliphatic carbocycles. The third-order valence-electron chi connectivity index (χ3n) is 3.27. The number of fused-ring (bicyclic) bond motifs is 1. The zero-order valence-electron chi connectivity index (χ0n) is 10.5. The van der Waals surface area contributed by atoms with Gasteiger partial charge in [0, 0.05) is 18.0 Å². The third-order valence-corrected chi connectivity index (χ3v) is 3.27. The van der Waals surface area contributed by atoms with Gasteiger partial charge in [0.05, 0.1) is 5.52 Å². The van der Waals surface area contributed by atoms with Gasteiger partial charge in [-0.05, 0) is 44.0 Å². The average Bonchev–Trinajstić information content (AvgIpc) is 3.22. The highest BCUT2D eigenvalue weighted by atomic mass is 15.0. The molecule has 0 amide bonds. The van der Waals surface area contributed by atoms with Gasteiger partial charge in [-0.15, -0.1) is 0 Å². The number of nitrogens with zero attached hydrogens (tertiary/aromatic N) is 1. The van der Waals surface area contributed by atoms with Crippen LogP contribution < -0.4 is 10.6 Å². The van der Waals surface area contributed by atoms with Crippen LogP contribution in [0.5, 0.6) is 0 Å². The Morgan fingerprint density at radius 3 is 2.83 bits per heavy atom. The first-order valence-electron chi connectivity index (χ1n) is 6.75. The van der Waals surface area contributed by atoms with Gasteiger partial charge >= 0.3 is 0 Å². The molecule has 1 saturated carbocycles. The molecule has 0 saturated heterocycles. The number of aromatic nitrogens is 1. The Labute approximate surface area is 108 Å². The summed E-state index contributed by atoms with van der Waals surface area (Å²) in [7, 11) is 0. The molecule has 1 aromatic heterocycles. The molecule has 94 valence electrons. The van der Waals surface area contributed by atoms with E-state index in [1.807, 2.05) is 12.1 Å². The molecule has 0 unspecified atom stereocenters. The number of rotatable bonds is 6. The van der Waals surface area contributed by atoms with E-state index in [0.29, 0.717) is 0 Å². The molecule has 2 aromatic rings. The van der Waals surface area contributed by atoms with Gasteiger partial charge in [-0.1, -0.05) is 18.2 Å². The van der Waals surface area contributed by atoms with E-state index in [1.165, 1.54) is 18.2 Å². The summed E-state index contributed by atoms with van der Waals surface area (Å²) in [6, 6.07) is 13.2. The van der Waals surface area contributed by atoms with Crippen LogP contribution in [0.25, 0.3) is 10.9 Å². The van der Waals surface area contributed by atoms with E-state index >= 15 is 0 Å². The largest absolute Gasteiger partial charge is 0.370 e. The predicted octanol–water partition coefficient (Wildman–Crippen LogP) is 2.79. The standard InChI is InChI=1S/C15H19N3/c1-2-5-14-12(4-1)6-9-15(18-14)17-11-3-10-16-13-7-8-13/h1-2,4-6,9,13,16H,3,7-8,10-11H2,(H,17,18). The molecule has 1 aromatic carbocycles. The van der Waals surface area contributed by atoms with Crippen LogP contribution in [-0.2, 0) is 0 Å². The van der Waals surface area contributed by atoms with Gasteiger partial charge < -0.3 is 10.6 Å².